The zero-order valence-electron chi connectivity index (χ0n) is 12.3. The maximum atomic E-state index is 12.1. The number of amides is 2. The van der Waals surface area contributed by atoms with Gasteiger partial charge in [0, 0.05) is 11.1 Å². The Kier molecular flexibility index (Phi) is 5.69. The molecule has 1 rings (SSSR count). The SMILES string of the molecule is CCOc1ccc(C(=O)NC(C(=O)NO)C(C)(C)N)cc1. The number of nitrogens with one attached hydrogen (secondary N) is 2. The summed E-state index contributed by atoms with van der Waals surface area (Å²) >= 11 is 0. The maximum absolute atomic E-state index is 12.1. The van der Waals surface area contributed by atoms with Gasteiger partial charge in [-0.2, -0.15) is 0 Å². The van der Waals surface area contributed by atoms with E-state index in [2.05, 4.69) is 5.32 Å². The third kappa shape index (κ3) is 4.73. The first-order valence-electron chi connectivity index (χ1n) is 6.56. The molecule has 1 atom stereocenters. The average molecular weight is 295 g/mol. The fourth-order valence-corrected chi connectivity index (χ4v) is 1.74. The first kappa shape index (κ1) is 16.9. The Bertz CT molecular complexity index is 494. The summed E-state index contributed by atoms with van der Waals surface area (Å²) in [5.41, 5.74) is 6.67. The predicted molar refractivity (Wildman–Crippen MR) is 77.1 cm³/mol. The van der Waals surface area contributed by atoms with Crippen LogP contribution < -0.4 is 21.3 Å². The molecule has 0 bridgehead atoms. The standard InChI is InChI=1S/C14H21N3O4/c1-4-21-10-7-5-9(6-8-10)12(18)16-11(13(19)17-20)14(2,3)15/h5-8,11,20H,4,15H2,1-3H3,(H,16,18)(H,17,19). The summed E-state index contributed by atoms with van der Waals surface area (Å²) in [5, 5.41) is 11.2. The van der Waals surface area contributed by atoms with Gasteiger partial charge >= 0.3 is 0 Å². The topological polar surface area (TPSA) is 114 Å². The van der Waals surface area contributed by atoms with Gasteiger partial charge in [0.2, 0.25) is 0 Å². The van der Waals surface area contributed by atoms with Gasteiger partial charge in [0.1, 0.15) is 11.8 Å². The Hall–Kier alpha value is -2.12. The van der Waals surface area contributed by atoms with E-state index >= 15 is 0 Å². The van der Waals surface area contributed by atoms with Gasteiger partial charge in [-0.3, -0.25) is 14.8 Å². The molecule has 0 saturated carbocycles. The highest BCUT2D eigenvalue weighted by atomic mass is 16.5. The van der Waals surface area contributed by atoms with E-state index < -0.39 is 23.4 Å². The summed E-state index contributed by atoms with van der Waals surface area (Å²) in [5.74, 6) is -0.593. The molecule has 21 heavy (non-hydrogen) atoms. The van der Waals surface area contributed by atoms with Crippen molar-refractivity contribution in [1.82, 2.24) is 10.8 Å². The van der Waals surface area contributed by atoms with Crippen LogP contribution >= 0.6 is 0 Å². The third-order valence-electron chi connectivity index (χ3n) is 2.82. The quantitative estimate of drug-likeness (QED) is 0.449. The Morgan fingerprint density at radius 1 is 1.33 bits per heavy atom. The Balaban J connectivity index is 2.84. The van der Waals surface area contributed by atoms with Gasteiger partial charge in [0.05, 0.1) is 6.61 Å². The zero-order valence-corrected chi connectivity index (χ0v) is 12.3. The summed E-state index contributed by atoms with van der Waals surface area (Å²) in [6, 6.07) is 5.41. The summed E-state index contributed by atoms with van der Waals surface area (Å²) in [6.45, 7) is 5.55. The van der Waals surface area contributed by atoms with E-state index in [1.54, 1.807) is 38.1 Å². The zero-order chi connectivity index (χ0) is 16.0. The number of hydrogen-bond donors (Lipinski definition) is 4. The molecule has 0 aliphatic rings. The molecule has 2 amide bonds. The second kappa shape index (κ2) is 7.05. The monoisotopic (exact) mass is 295 g/mol. The van der Waals surface area contributed by atoms with Crippen LogP contribution in [-0.4, -0.2) is 35.2 Å². The molecular formula is C14H21N3O4. The van der Waals surface area contributed by atoms with Crippen LogP contribution in [0.3, 0.4) is 0 Å². The van der Waals surface area contributed by atoms with E-state index in [9.17, 15) is 9.59 Å². The lowest BCUT2D eigenvalue weighted by Gasteiger charge is -2.29. The third-order valence-corrected chi connectivity index (χ3v) is 2.82. The molecule has 0 aliphatic heterocycles. The number of carbonyl (C=O) groups excluding carboxylic acids is 2. The van der Waals surface area contributed by atoms with Crippen molar-refractivity contribution in [2.75, 3.05) is 6.61 Å². The van der Waals surface area contributed by atoms with Crippen molar-refractivity contribution >= 4 is 11.8 Å². The van der Waals surface area contributed by atoms with E-state index in [-0.39, 0.29) is 0 Å². The fraction of sp³-hybridized carbons (Fsp3) is 0.429. The lowest BCUT2D eigenvalue weighted by Crippen LogP contribution is -2.61. The molecule has 0 heterocycles. The van der Waals surface area contributed by atoms with Crippen LogP contribution in [0.25, 0.3) is 0 Å². The van der Waals surface area contributed by atoms with Gasteiger partial charge in [-0.15, -0.1) is 0 Å². The van der Waals surface area contributed by atoms with Crippen molar-refractivity contribution in [2.45, 2.75) is 32.4 Å². The van der Waals surface area contributed by atoms with E-state index in [0.29, 0.717) is 17.9 Å². The second-order valence-electron chi connectivity index (χ2n) is 5.16. The van der Waals surface area contributed by atoms with E-state index in [1.807, 2.05) is 6.92 Å². The van der Waals surface area contributed by atoms with Crippen molar-refractivity contribution < 1.29 is 19.5 Å². The Morgan fingerprint density at radius 2 is 1.90 bits per heavy atom. The van der Waals surface area contributed by atoms with Gasteiger partial charge < -0.3 is 15.8 Å². The minimum Gasteiger partial charge on any atom is -0.494 e. The van der Waals surface area contributed by atoms with Gasteiger partial charge in [-0.05, 0) is 45.0 Å². The van der Waals surface area contributed by atoms with Crippen LogP contribution in [-0.2, 0) is 4.79 Å². The largest absolute Gasteiger partial charge is 0.494 e. The van der Waals surface area contributed by atoms with Crippen molar-refractivity contribution in [3.05, 3.63) is 29.8 Å². The van der Waals surface area contributed by atoms with Crippen LogP contribution in [0.15, 0.2) is 24.3 Å². The summed E-state index contributed by atoms with van der Waals surface area (Å²) in [7, 11) is 0. The molecular weight excluding hydrogens is 274 g/mol. The average Bonchev–Trinajstić information content (AvgIpc) is 2.43. The normalized spacial score (nSPS) is 12.4. The van der Waals surface area contributed by atoms with Gasteiger partial charge in [-0.25, -0.2) is 5.48 Å². The van der Waals surface area contributed by atoms with Crippen LogP contribution in [0.5, 0.6) is 5.75 Å². The van der Waals surface area contributed by atoms with Crippen molar-refractivity contribution in [3.63, 3.8) is 0 Å². The molecule has 7 heteroatoms. The van der Waals surface area contributed by atoms with E-state index in [1.165, 1.54) is 5.48 Å². The van der Waals surface area contributed by atoms with Crippen LogP contribution in [0.2, 0.25) is 0 Å². The highest BCUT2D eigenvalue weighted by Gasteiger charge is 2.33. The molecule has 1 unspecified atom stereocenters. The Labute approximate surface area is 123 Å². The number of benzene rings is 1. The molecule has 7 nitrogen and oxygen atoms in total. The summed E-state index contributed by atoms with van der Waals surface area (Å²) < 4.78 is 5.28. The first-order valence-corrected chi connectivity index (χ1v) is 6.56. The van der Waals surface area contributed by atoms with Crippen LogP contribution in [0, 0.1) is 0 Å². The van der Waals surface area contributed by atoms with E-state index in [0.717, 1.165) is 0 Å². The summed E-state index contributed by atoms with van der Waals surface area (Å²) in [4.78, 5) is 23.7. The minimum atomic E-state index is -1.07. The van der Waals surface area contributed by atoms with Gasteiger partial charge in [0.15, 0.2) is 0 Å². The lowest BCUT2D eigenvalue weighted by atomic mass is 9.95. The Morgan fingerprint density at radius 3 is 2.33 bits per heavy atom. The fourth-order valence-electron chi connectivity index (χ4n) is 1.74. The van der Waals surface area contributed by atoms with E-state index in [4.69, 9.17) is 15.7 Å². The number of hydrogen-bond acceptors (Lipinski definition) is 5. The number of carbonyl (C=O) groups is 2. The molecule has 5 N–H and O–H groups in total. The molecule has 1 aromatic carbocycles. The molecule has 0 aliphatic carbocycles. The molecule has 0 spiro atoms. The number of ether oxygens (including phenoxy) is 1. The van der Waals surface area contributed by atoms with Crippen molar-refractivity contribution in [3.8, 4) is 5.75 Å². The molecule has 1 aromatic rings. The highest BCUT2D eigenvalue weighted by molar-refractivity contribution is 5.97. The molecule has 116 valence electrons. The summed E-state index contributed by atoms with van der Waals surface area (Å²) in [6.07, 6.45) is 0. The maximum Gasteiger partial charge on any atom is 0.267 e. The second-order valence-corrected chi connectivity index (χ2v) is 5.16. The van der Waals surface area contributed by atoms with Crippen molar-refractivity contribution in [2.24, 2.45) is 5.73 Å². The number of hydroxylamine groups is 1. The van der Waals surface area contributed by atoms with Gasteiger partial charge in [0.25, 0.3) is 11.8 Å². The predicted octanol–water partition coefficient (Wildman–Crippen LogP) is 0.426. The smallest absolute Gasteiger partial charge is 0.267 e. The lowest BCUT2D eigenvalue weighted by molar-refractivity contribution is -0.132. The van der Waals surface area contributed by atoms with Crippen LogP contribution in [0.4, 0.5) is 0 Å². The van der Waals surface area contributed by atoms with Crippen molar-refractivity contribution in [1.29, 1.82) is 0 Å². The molecule has 0 saturated heterocycles. The number of rotatable bonds is 6. The highest BCUT2D eigenvalue weighted by Crippen LogP contribution is 2.13. The first-order chi connectivity index (χ1) is 9.79. The van der Waals surface area contributed by atoms with Gasteiger partial charge in [-0.1, -0.05) is 0 Å². The molecule has 0 radical (unpaired) electrons. The van der Waals surface area contributed by atoms with Crippen LogP contribution in [0.1, 0.15) is 31.1 Å². The number of nitrogens with two attached hydrogens (primary N) is 1. The minimum absolute atomic E-state index is 0.360. The molecule has 0 fully saturated rings. The molecule has 0 aromatic heterocycles.